The molecule has 1 heteroatoms. The summed E-state index contributed by atoms with van der Waals surface area (Å²) >= 11 is 0. The van der Waals surface area contributed by atoms with Crippen molar-refractivity contribution in [2.75, 3.05) is 0 Å². The number of hydrogen-bond donors (Lipinski definition) is 0. The summed E-state index contributed by atoms with van der Waals surface area (Å²) in [7, 11) is 0. The molecule has 0 N–H and O–H groups in total. The summed E-state index contributed by atoms with van der Waals surface area (Å²) in [6, 6.07) is 40.0. The van der Waals surface area contributed by atoms with Gasteiger partial charge in [-0.1, -0.05) is 121 Å². The Morgan fingerprint density at radius 3 is 1.46 bits per heavy atom. The standard InChI is InChI=1S/C27H23N/c1-21-17-19-25(20-18-21)27(24-15-9-4-10-16-24)28-26(22-11-5-2-6-12-22)23-13-7-3-8-14-23/h2-20,27H,1H3. The van der Waals surface area contributed by atoms with E-state index in [-0.39, 0.29) is 6.04 Å². The highest BCUT2D eigenvalue weighted by atomic mass is 14.8. The Hall–Kier alpha value is -3.45. The molecular weight excluding hydrogens is 338 g/mol. The van der Waals surface area contributed by atoms with Crippen molar-refractivity contribution in [3.05, 3.63) is 143 Å². The van der Waals surface area contributed by atoms with Crippen LogP contribution in [0.4, 0.5) is 0 Å². The molecule has 0 aliphatic heterocycles. The van der Waals surface area contributed by atoms with E-state index >= 15 is 0 Å². The molecular formula is C27H23N. The molecule has 0 saturated carbocycles. The van der Waals surface area contributed by atoms with Crippen molar-refractivity contribution in [2.45, 2.75) is 13.0 Å². The maximum atomic E-state index is 5.30. The summed E-state index contributed by atoms with van der Waals surface area (Å²) in [5.74, 6) is 0. The largest absolute Gasteiger partial charge is 0.271 e. The molecule has 0 aromatic heterocycles. The van der Waals surface area contributed by atoms with E-state index < -0.39 is 0 Å². The van der Waals surface area contributed by atoms with Crippen molar-refractivity contribution >= 4 is 5.71 Å². The monoisotopic (exact) mass is 361 g/mol. The quantitative estimate of drug-likeness (QED) is 0.354. The zero-order valence-corrected chi connectivity index (χ0v) is 16.0. The number of nitrogens with zero attached hydrogens (tertiary/aromatic N) is 1. The smallest absolute Gasteiger partial charge is 0.101 e. The van der Waals surface area contributed by atoms with E-state index in [9.17, 15) is 0 Å². The van der Waals surface area contributed by atoms with Crippen LogP contribution in [0.1, 0.15) is 33.9 Å². The first-order chi connectivity index (χ1) is 13.8. The molecule has 1 nitrogen and oxygen atoms in total. The zero-order valence-electron chi connectivity index (χ0n) is 16.0. The Morgan fingerprint density at radius 2 is 0.964 bits per heavy atom. The molecule has 1 atom stereocenters. The van der Waals surface area contributed by atoms with E-state index in [1.54, 1.807) is 0 Å². The Kier molecular flexibility index (Phi) is 5.44. The zero-order chi connectivity index (χ0) is 19.2. The summed E-state index contributed by atoms with van der Waals surface area (Å²) in [5.41, 5.74) is 6.90. The Bertz CT molecular complexity index is 992. The first kappa shape index (κ1) is 17.9. The molecule has 0 aliphatic carbocycles. The molecule has 4 aromatic rings. The van der Waals surface area contributed by atoms with Gasteiger partial charge in [-0.3, -0.25) is 4.99 Å². The van der Waals surface area contributed by atoms with Gasteiger partial charge in [-0.2, -0.15) is 0 Å². The van der Waals surface area contributed by atoms with E-state index in [0.717, 1.165) is 16.8 Å². The van der Waals surface area contributed by atoms with Crippen LogP contribution in [0.25, 0.3) is 0 Å². The van der Waals surface area contributed by atoms with Crippen LogP contribution in [0.2, 0.25) is 0 Å². The summed E-state index contributed by atoms with van der Waals surface area (Å²) < 4.78 is 0. The van der Waals surface area contributed by atoms with E-state index in [2.05, 4.69) is 110 Å². The summed E-state index contributed by atoms with van der Waals surface area (Å²) in [5, 5.41) is 0. The van der Waals surface area contributed by atoms with E-state index in [0.29, 0.717) is 0 Å². The van der Waals surface area contributed by atoms with Crippen molar-refractivity contribution in [3.63, 3.8) is 0 Å². The highest BCUT2D eigenvalue weighted by Crippen LogP contribution is 2.28. The van der Waals surface area contributed by atoms with Gasteiger partial charge in [0.05, 0.1) is 5.71 Å². The molecule has 1 unspecified atom stereocenters. The lowest BCUT2D eigenvalue weighted by atomic mass is 9.96. The van der Waals surface area contributed by atoms with Crippen molar-refractivity contribution in [3.8, 4) is 0 Å². The lowest BCUT2D eigenvalue weighted by Gasteiger charge is -2.17. The third-order valence-corrected chi connectivity index (χ3v) is 4.86. The number of aryl methyl sites for hydroxylation is 1. The van der Waals surface area contributed by atoms with Gasteiger partial charge in [0.15, 0.2) is 0 Å². The normalized spacial score (nSPS) is 11.6. The van der Waals surface area contributed by atoms with Gasteiger partial charge in [-0.05, 0) is 18.1 Å². The summed E-state index contributed by atoms with van der Waals surface area (Å²) in [6.45, 7) is 2.12. The molecule has 4 rings (SSSR count). The maximum absolute atomic E-state index is 5.30. The highest BCUT2D eigenvalue weighted by molar-refractivity contribution is 6.13. The Balaban J connectivity index is 1.90. The summed E-state index contributed by atoms with van der Waals surface area (Å²) in [6.07, 6.45) is 0. The van der Waals surface area contributed by atoms with E-state index in [1.165, 1.54) is 16.7 Å². The molecule has 0 fully saturated rings. The first-order valence-electron chi connectivity index (χ1n) is 9.61. The molecule has 0 amide bonds. The van der Waals surface area contributed by atoms with Crippen molar-refractivity contribution < 1.29 is 0 Å². The molecule has 0 heterocycles. The molecule has 0 radical (unpaired) electrons. The molecule has 28 heavy (non-hydrogen) atoms. The minimum Gasteiger partial charge on any atom is -0.271 e. The van der Waals surface area contributed by atoms with Gasteiger partial charge in [-0.25, -0.2) is 0 Å². The second-order valence-electron chi connectivity index (χ2n) is 6.93. The van der Waals surface area contributed by atoms with Crippen molar-refractivity contribution in [1.82, 2.24) is 0 Å². The van der Waals surface area contributed by atoms with Gasteiger partial charge in [0, 0.05) is 11.1 Å². The first-order valence-corrected chi connectivity index (χ1v) is 9.61. The molecule has 0 spiro atoms. The average molecular weight is 361 g/mol. The fraction of sp³-hybridized carbons (Fsp3) is 0.0741. The van der Waals surface area contributed by atoms with Gasteiger partial charge in [-0.15, -0.1) is 0 Å². The third-order valence-electron chi connectivity index (χ3n) is 4.86. The fourth-order valence-electron chi connectivity index (χ4n) is 3.36. The van der Waals surface area contributed by atoms with E-state index in [1.807, 2.05) is 12.1 Å². The SMILES string of the molecule is Cc1ccc(C(N=C(c2ccccc2)c2ccccc2)c2ccccc2)cc1. The van der Waals surface area contributed by atoms with Crippen molar-refractivity contribution in [1.29, 1.82) is 0 Å². The second-order valence-corrected chi connectivity index (χ2v) is 6.93. The number of hydrogen-bond acceptors (Lipinski definition) is 1. The van der Waals surface area contributed by atoms with Gasteiger partial charge in [0.2, 0.25) is 0 Å². The predicted octanol–water partition coefficient (Wildman–Crippen LogP) is 6.62. The van der Waals surface area contributed by atoms with Crippen LogP contribution in [-0.2, 0) is 0 Å². The summed E-state index contributed by atoms with van der Waals surface area (Å²) in [4.78, 5) is 5.30. The van der Waals surface area contributed by atoms with E-state index in [4.69, 9.17) is 4.99 Å². The molecule has 0 saturated heterocycles. The Morgan fingerprint density at radius 1 is 0.536 bits per heavy atom. The predicted molar refractivity (Wildman–Crippen MR) is 118 cm³/mol. The third kappa shape index (κ3) is 4.10. The van der Waals surface area contributed by atoms with Crippen LogP contribution >= 0.6 is 0 Å². The topological polar surface area (TPSA) is 12.4 Å². The number of aliphatic imine (C=N–C) groups is 1. The lowest BCUT2D eigenvalue weighted by Crippen LogP contribution is -2.08. The molecule has 0 bridgehead atoms. The van der Waals surface area contributed by atoms with Crippen LogP contribution in [0.5, 0.6) is 0 Å². The molecule has 4 aromatic carbocycles. The maximum Gasteiger partial charge on any atom is 0.101 e. The Labute approximate surface area is 167 Å². The van der Waals surface area contributed by atoms with Gasteiger partial charge in [0.25, 0.3) is 0 Å². The van der Waals surface area contributed by atoms with Gasteiger partial charge < -0.3 is 0 Å². The number of benzene rings is 4. The van der Waals surface area contributed by atoms with Gasteiger partial charge >= 0.3 is 0 Å². The fourth-order valence-corrected chi connectivity index (χ4v) is 3.36. The second kappa shape index (κ2) is 8.49. The molecule has 0 aliphatic rings. The number of rotatable bonds is 5. The van der Waals surface area contributed by atoms with Crippen LogP contribution in [0.3, 0.4) is 0 Å². The van der Waals surface area contributed by atoms with Gasteiger partial charge in [0.1, 0.15) is 6.04 Å². The minimum absolute atomic E-state index is 0.0581. The average Bonchev–Trinajstić information content (AvgIpc) is 2.77. The minimum atomic E-state index is -0.0581. The molecule has 136 valence electrons. The van der Waals surface area contributed by atoms with Crippen molar-refractivity contribution in [2.24, 2.45) is 4.99 Å². The van der Waals surface area contributed by atoms with Crippen LogP contribution < -0.4 is 0 Å². The van der Waals surface area contributed by atoms with Crippen LogP contribution in [-0.4, -0.2) is 5.71 Å². The van der Waals surface area contributed by atoms with Crippen LogP contribution in [0, 0.1) is 6.92 Å². The highest BCUT2D eigenvalue weighted by Gasteiger charge is 2.16. The van der Waals surface area contributed by atoms with Crippen LogP contribution in [0.15, 0.2) is 120 Å². The lowest BCUT2D eigenvalue weighted by molar-refractivity contribution is 0.872.